The van der Waals surface area contributed by atoms with Gasteiger partial charge in [-0.3, -0.25) is 4.79 Å². The average Bonchev–Trinajstić information content (AvgIpc) is 2.69. The van der Waals surface area contributed by atoms with Gasteiger partial charge in [-0.2, -0.15) is 8.61 Å². The summed E-state index contributed by atoms with van der Waals surface area (Å²) < 4.78 is 56.7. The molecular formula is C18H20ClN3O7S2. The molecule has 13 heteroatoms. The van der Waals surface area contributed by atoms with Crippen LogP contribution in [-0.2, 0) is 24.8 Å². The fourth-order valence-corrected chi connectivity index (χ4v) is 5.60. The Hall–Kier alpha value is -2.22. The standard InChI is InChI=1S/C18H20ClN3O7S2/c1-30(25,26)21-10-11-22(18(24,12-21)17(20)23)31(27,28)16-8-6-15(7-9-16)29-14-4-2-13(19)3-5-14/h2-9,24H,10-12H2,1H3,(H2,20,23). The first-order chi connectivity index (χ1) is 14.3. The number of ether oxygens (including phenoxy) is 1. The second-order valence-electron chi connectivity index (χ2n) is 6.88. The molecule has 2 aromatic carbocycles. The minimum absolute atomic E-state index is 0.233. The fraction of sp³-hybridized carbons (Fsp3) is 0.278. The van der Waals surface area contributed by atoms with E-state index in [2.05, 4.69) is 0 Å². The van der Waals surface area contributed by atoms with Crippen molar-refractivity contribution in [2.24, 2.45) is 5.73 Å². The molecule has 0 radical (unpaired) electrons. The maximum Gasteiger partial charge on any atom is 0.267 e. The molecule has 3 N–H and O–H groups in total. The van der Waals surface area contributed by atoms with E-state index in [1.54, 1.807) is 24.3 Å². The van der Waals surface area contributed by atoms with Gasteiger partial charge in [0, 0.05) is 18.1 Å². The molecule has 2 aromatic rings. The van der Waals surface area contributed by atoms with Gasteiger partial charge < -0.3 is 15.6 Å². The molecule has 168 valence electrons. The summed E-state index contributed by atoms with van der Waals surface area (Å²) >= 11 is 5.82. The fourth-order valence-electron chi connectivity index (χ4n) is 3.04. The van der Waals surface area contributed by atoms with Gasteiger partial charge in [-0.15, -0.1) is 0 Å². The first-order valence-corrected chi connectivity index (χ1v) is 12.5. The number of nitrogens with zero attached hydrogens (tertiary/aromatic N) is 2. The minimum Gasteiger partial charge on any atom is -0.457 e. The van der Waals surface area contributed by atoms with Gasteiger partial charge >= 0.3 is 0 Å². The number of amides is 1. The lowest BCUT2D eigenvalue weighted by Gasteiger charge is -2.43. The van der Waals surface area contributed by atoms with E-state index in [1.807, 2.05) is 0 Å². The maximum absolute atomic E-state index is 13.1. The van der Waals surface area contributed by atoms with Gasteiger partial charge in [0.15, 0.2) is 0 Å². The third-order valence-electron chi connectivity index (χ3n) is 4.69. The Morgan fingerprint density at radius 2 is 1.55 bits per heavy atom. The van der Waals surface area contributed by atoms with Crippen molar-refractivity contribution in [2.45, 2.75) is 10.6 Å². The maximum atomic E-state index is 13.1. The van der Waals surface area contributed by atoms with Crippen LogP contribution in [0.3, 0.4) is 0 Å². The number of carbonyl (C=O) groups is 1. The lowest BCUT2D eigenvalue weighted by Crippen LogP contribution is -2.69. The first-order valence-electron chi connectivity index (χ1n) is 8.88. The number of piperazine rings is 1. The van der Waals surface area contributed by atoms with Crippen molar-refractivity contribution < 1.29 is 31.5 Å². The number of nitrogens with two attached hydrogens (primary N) is 1. The highest BCUT2D eigenvalue weighted by Crippen LogP contribution is 2.30. The predicted octanol–water partition coefficient (Wildman–Crippen LogP) is 0.572. The van der Waals surface area contributed by atoms with Crippen molar-refractivity contribution in [2.75, 3.05) is 25.9 Å². The second kappa shape index (κ2) is 8.37. The van der Waals surface area contributed by atoms with Crippen LogP contribution in [-0.4, -0.2) is 68.1 Å². The Morgan fingerprint density at radius 1 is 1.03 bits per heavy atom. The topological polar surface area (TPSA) is 147 Å². The lowest BCUT2D eigenvalue weighted by molar-refractivity contribution is -0.155. The molecule has 0 aliphatic carbocycles. The van der Waals surface area contributed by atoms with Crippen molar-refractivity contribution in [3.63, 3.8) is 0 Å². The molecule has 1 unspecified atom stereocenters. The molecule has 1 aliphatic rings. The number of primary amides is 1. The molecule has 1 aliphatic heterocycles. The summed E-state index contributed by atoms with van der Waals surface area (Å²) in [6.45, 7) is -1.51. The molecule has 1 atom stereocenters. The number of β-amino-alcohol motifs (C(OH)–C–C–N with tert-alkyl or cyclic N) is 1. The van der Waals surface area contributed by atoms with Gasteiger partial charge in [-0.1, -0.05) is 11.6 Å². The zero-order chi connectivity index (χ0) is 23.0. The Labute approximate surface area is 184 Å². The third-order valence-corrected chi connectivity index (χ3v) is 8.12. The van der Waals surface area contributed by atoms with Crippen molar-refractivity contribution >= 4 is 37.6 Å². The predicted molar refractivity (Wildman–Crippen MR) is 112 cm³/mol. The van der Waals surface area contributed by atoms with E-state index in [0.29, 0.717) is 20.8 Å². The molecule has 1 fully saturated rings. The SMILES string of the molecule is CS(=O)(=O)N1CCN(S(=O)(=O)c2ccc(Oc3ccc(Cl)cc3)cc2)C(O)(C(N)=O)C1. The number of hydrogen-bond acceptors (Lipinski definition) is 7. The van der Waals surface area contributed by atoms with Crippen LogP contribution < -0.4 is 10.5 Å². The monoisotopic (exact) mass is 489 g/mol. The van der Waals surface area contributed by atoms with Gasteiger partial charge in [0.1, 0.15) is 11.5 Å². The van der Waals surface area contributed by atoms with Crippen LogP contribution in [0.5, 0.6) is 11.5 Å². The normalized spacial score (nSPS) is 21.0. The van der Waals surface area contributed by atoms with E-state index in [-0.39, 0.29) is 11.4 Å². The summed E-state index contributed by atoms with van der Waals surface area (Å²) in [5.41, 5.74) is 2.51. The molecule has 1 amide bonds. The van der Waals surface area contributed by atoms with E-state index < -0.39 is 44.8 Å². The highest BCUT2D eigenvalue weighted by atomic mass is 35.5. The third kappa shape index (κ3) is 4.84. The number of aliphatic hydroxyl groups is 1. The Kier molecular flexibility index (Phi) is 6.33. The summed E-state index contributed by atoms with van der Waals surface area (Å²) in [6.07, 6.45) is 0.887. The Morgan fingerprint density at radius 3 is 2.03 bits per heavy atom. The highest BCUT2D eigenvalue weighted by Gasteiger charge is 2.52. The van der Waals surface area contributed by atoms with Gasteiger partial charge in [0.05, 0.1) is 17.7 Å². The summed E-state index contributed by atoms with van der Waals surface area (Å²) in [4.78, 5) is 11.7. The molecule has 31 heavy (non-hydrogen) atoms. The number of halogens is 1. The van der Waals surface area contributed by atoms with Crippen LogP contribution in [0.4, 0.5) is 0 Å². The molecule has 0 aromatic heterocycles. The van der Waals surface area contributed by atoms with Crippen LogP contribution in [0.15, 0.2) is 53.4 Å². The van der Waals surface area contributed by atoms with Crippen LogP contribution in [0.1, 0.15) is 0 Å². The van der Waals surface area contributed by atoms with Crippen molar-refractivity contribution in [3.05, 3.63) is 53.6 Å². The van der Waals surface area contributed by atoms with E-state index in [1.165, 1.54) is 24.3 Å². The number of carbonyl (C=O) groups excluding carboxylic acids is 1. The first kappa shape index (κ1) is 23.4. The largest absolute Gasteiger partial charge is 0.457 e. The molecule has 0 saturated carbocycles. The van der Waals surface area contributed by atoms with E-state index in [0.717, 1.165) is 10.6 Å². The molecule has 10 nitrogen and oxygen atoms in total. The van der Waals surface area contributed by atoms with Crippen LogP contribution in [0, 0.1) is 0 Å². The number of rotatable bonds is 6. The second-order valence-corrected chi connectivity index (χ2v) is 11.2. The molecule has 3 rings (SSSR count). The highest BCUT2D eigenvalue weighted by molar-refractivity contribution is 7.89. The van der Waals surface area contributed by atoms with Gasteiger partial charge in [0.2, 0.25) is 25.8 Å². The Bertz CT molecular complexity index is 1190. The lowest BCUT2D eigenvalue weighted by atomic mass is 10.1. The average molecular weight is 490 g/mol. The van der Waals surface area contributed by atoms with Crippen molar-refractivity contribution in [1.82, 2.24) is 8.61 Å². The van der Waals surface area contributed by atoms with Gasteiger partial charge in [0.25, 0.3) is 5.91 Å². The number of benzene rings is 2. The van der Waals surface area contributed by atoms with Crippen molar-refractivity contribution in [3.8, 4) is 11.5 Å². The Balaban J connectivity index is 1.87. The van der Waals surface area contributed by atoms with E-state index in [4.69, 9.17) is 22.1 Å². The van der Waals surface area contributed by atoms with Crippen LogP contribution >= 0.6 is 11.6 Å². The zero-order valence-electron chi connectivity index (χ0n) is 16.3. The minimum atomic E-state index is -4.39. The number of sulfonamides is 2. The summed E-state index contributed by atoms with van der Waals surface area (Å²) in [5, 5.41) is 11.3. The number of hydrogen-bond donors (Lipinski definition) is 2. The summed E-state index contributed by atoms with van der Waals surface area (Å²) in [7, 11) is -8.17. The molecule has 1 saturated heterocycles. The quantitative estimate of drug-likeness (QED) is 0.602. The summed E-state index contributed by atoms with van der Waals surface area (Å²) in [6, 6.07) is 11.8. The van der Waals surface area contributed by atoms with Crippen LogP contribution in [0.2, 0.25) is 5.02 Å². The molecule has 1 heterocycles. The van der Waals surface area contributed by atoms with E-state index >= 15 is 0 Å². The molecule has 0 spiro atoms. The van der Waals surface area contributed by atoms with Gasteiger partial charge in [-0.25, -0.2) is 16.8 Å². The van der Waals surface area contributed by atoms with Gasteiger partial charge in [-0.05, 0) is 48.5 Å². The van der Waals surface area contributed by atoms with Crippen molar-refractivity contribution in [1.29, 1.82) is 0 Å². The summed E-state index contributed by atoms with van der Waals surface area (Å²) in [5.74, 6) is -0.555. The van der Waals surface area contributed by atoms with Crippen LogP contribution in [0.25, 0.3) is 0 Å². The molecule has 0 bridgehead atoms. The van der Waals surface area contributed by atoms with E-state index in [9.17, 15) is 26.7 Å². The smallest absolute Gasteiger partial charge is 0.267 e. The molecular weight excluding hydrogens is 470 g/mol. The zero-order valence-corrected chi connectivity index (χ0v) is 18.7.